The second-order valence-corrected chi connectivity index (χ2v) is 8.60. The number of imidazole rings is 2. The fourth-order valence-corrected chi connectivity index (χ4v) is 4.23. The molecule has 6 nitrogen and oxygen atoms in total. The number of rotatable bonds is 5. The molecule has 5 aromatic rings. The van der Waals surface area contributed by atoms with Gasteiger partial charge in [0.2, 0.25) is 0 Å². The molecule has 2 N–H and O–H groups in total. The van der Waals surface area contributed by atoms with E-state index in [-0.39, 0.29) is 5.75 Å². The summed E-state index contributed by atoms with van der Waals surface area (Å²) in [5.41, 5.74) is 5.07. The average Bonchev–Trinajstić information content (AvgIpc) is 3.39. The molecular weight excluding hydrogens is 483 g/mol. The number of ether oxygens (including phenoxy) is 1. The minimum atomic E-state index is -4.36. The molecule has 11 heteroatoms. The number of thioether (sulfide) groups is 1. The van der Waals surface area contributed by atoms with Gasteiger partial charge in [-0.05, 0) is 37.3 Å². The van der Waals surface area contributed by atoms with Crippen molar-refractivity contribution in [2.24, 2.45) is 0 Å². The lowest BCUT2D eigenvalue weighted by molar-refractivity contribution is -0.153. The molecule has 176 valence electrons. The summed E-state index contributed by atoms with van der Waals surface area (Å²) in [6.45, 7) is 0.390. The third kappa shape index (κ3) is 6.23. The molecule has 0 aliphatic carbocycles. The molecule has 0 radical (unpaired) electrons. The van der Waals surface area contributed by atoms with E-state index in [4.69, 9.17) is 4.74 Å². The number of hydrogen-bond donors (Lipinski definition) is 3. The molecule has 34 heavy (non-hydrogen) atoms. The Kier molecular flexibility index (Phi) is 7.32. The summed E-state index contributed by atoms with van der Waals surface area (Å²) in [5.74, 6) is 0.678. The largest absolute Gasteiger partial charge is 0.484 e. The Balaban J connectivity index is 0.000000226. The topological polar surface area (TPSA) is 79.5 Å². The molecule has 0 saturated heterocycles. The van der Waals surface area contributed by atoms with Gasteiger partial charge in [-0.3, -0.25) is 4.98 Å². The summed E-state index contributed by atoms with van der Waals surface area (Å²) < 4.78 is 41.7. The molecule has 2 aromatic carbocycles. The number of fused-ring (bicyclic) bond motifs is 2. The predicted octanol–water partition coefficient (Wildman–Crippen LogP) is 6.35. The Morgan fingerprint density at radius 2 is 1.59 bits per heavy atom. The zero-order valence-corrected chi connectivity index (χ0v) is 19.6. The van der Waals surface area contributed by atoms with Crippen LogP contribution in [0, 0.1) is 6.92 Å². The molecule has 0 unspecified atom stereocenters. The number of para-hydroxylation sites is 4. The van der Waals surface area contributed by atoms with Crippen molar-refractivity contribution in [2.45, 2.75) is 29.2 Å². The highest BCUT2D eigenvalue weighted by Crippen LogP contribution is 2.28. The summed E-state index contributed by atoms with van der Waals surface area (Å²) in [7, 11) is 0. The first-order valence-electron chi connectivity index (χ1n) is 10.1. The Bertz CT molecular complexity index is 1330. The number of H-pyrrole nitrogens is 2. The van der Waals surface area contributed by atoms with Crippen molar-refractivity contribution >= 4 is 46.5 Å². The minimum Gasteiger partial charge on any atom is -0.484 e. The Hall–Kier alpha value is -3.18. The zero-order valence-electron chi connectivity index (χ0n) is 17.9. The van der Waals surface area contributed by atoms with Gasteiger partial charge in [0, 0.05) is 17.5 Å². The summed E-state index contributed by atoms with van der Waals surface area (Å²) in [4.78, 5) is 19.0. The van der Waals surface area contributed by atoms with Crippen LogP contribution in [0.3, 0.4) is 0 Å². The highest BCUT2D eigenvalue weighted by molar-refractivity contribution is 7.98. The first-order valence-corrected chi connectivity index (χ1v) is 11.6. The number of hydrogen-bond acceptors (Lipinski definition) is 6. The molecule has 0 atom stereocenters. The van der Waals surface area contributed by atoms with Crippen LogP contribution in [0.4, 0.5) is 13.2 Å². The Morgan fingerprint density at radius 3 is 2.24 bits per heavy atom. The number of halogens is 3. The summed E-state index contributed by atoms with van der Waals surface area (Å²) >= 11 is 5.51. The molecule has 3 heterocycles. The van der Waals surface area contributed by atoms with Crippen molar-refractivity contribution in [1.29, 1.82) is 0 Å². The number of pyridine rings is 1. The molecule has 0 bridgehead atoms. The van der Waals surface area contributed by atoms with Crippen LogP contribution in [-0.4, -0.2) is 37.7 Å². The SMILES string of the molecule is Cc1c(OCC(F)(F)F)ccnc1CSc1nc2ccccc2[nH]1.Sc1nc2ccccc2[nH]1. The number of thiol groups is 1. The van der Waals surface area contributed by atoms with Crippen molar-refractivity contribution < 1.29 is 17.9 Å². The van der Waals surface area contributed by atoms with Crippen molar-refractivity contribution in [3.05, 3.63) is 72.1 Å². The predicted molar refractivity (Wildman–Crippen MR) is 130 cm³/mol. The number of nitrogens with one attached hydrogen (secondary N) is 2. The van der Waals surface area contributed by atoms with Gasteiger partial charge in [-0.2, -0.15) is 13.2 Å². The monoisotopic (exact) mass is 503 g/mol. The van der Waals surface area contributed by atoms with Crippen molar-refractivity contribution in [1.82, 2.24) is 24.9 Å². The third-order valence-corrected chi connectivity index (χ3v) is 5.84. The molecule has 5 rings (SSSR count). The summed E-state index contributed by atoms with van der Waals surface area (Å²) in [6.07, 6.45) is -2.91. The fraction of sp³-hybridized carbons (Fsp3) is 0.174. The van der Waals surface area contributed by atoms with Gasteiger partial charge in [-0.15, -0.1) is 12.6 Å². The van der Waals surface area contributed by atoms with E-state index in [1.807, 2.05) is 48.5 Å². The van der Waals surface area contributed by atoms with Crippen LogP contribution < -0.4 is 4.74 Å². The van der Waals surface area contributed by atoms with Crippen molar-refractivity contribution in [2.75, 3.05) is 6.61 Å². The standard InChI is InChI=1S/C16H14F3N3OS.C7H6N2S/c1-10-13(20-7-6-14(10)23-9-16(17,18)19)8-24-15-21-11-4-2-3-5-12(11)22-15;10-7-8-5-3-1-2-4-6(5)9-7/h2-7H,8-9H2,1H3,(H,21,22);1-4H,(H2,8,9,10). The van der Waals surface area contributed by atoms with Gasteiger partial charge in [-0.25, -0.2) is 9.97 Å². The van der Waals surface area contributed by atoms with E-state index in [2.05, 4.69) is 37.5 Å². The van der Waals surface area contributed by atoms with E-state index in [1.54, 1.807) is 6.92 Å². The van der Waals surface area contributed by atoms with Gasteiger partial charge in [0.15, 0.2) is 16.9 Å². The highest BCUT2D eigenvalue weighted by atomic mass is 32.2. The summed E-state index contributed by atoms with van der Waals surface area (Å²) in [6, 6.07) is 17.0. The van der Waals surface area contributed by atoms with E-state index < -0.39 is 12.8 Å². The Morgan fingerprint density at radius 1 is 0.941 bits per heavy atom. The maximum absolute atomic E-state index is 12.3. The maximum atomic E-state index is 12.3. The van der Waals surface area contributed by atoms with Crippen LogP contribution in [-0.2, 0) is 5.75 Å². The second-order valence-electron chi connectivity index (χ2n) is 7.21. The molecule has 0 aliphatic rings. The molecule has 0 saturated carbocycles. The number of aromatic amines is 2. The first-order chi connectivity index (χ1) is 16.3. The van der Waals surface area contributed by atoms with E-state index in [9.17, 15) is 13.2 Å². The van der Waals surface area contributed by atoms with E-state index in [0.29, 0.717) is 22.2 Å². The fourth-order valence-electron chi connectivity index (χ4n) is 3.09. The zero-order chi connectivity index (χ0) is 24.1. The first kappa shape index (κ1) is 24.0. The Labute approximate surface area is 202 Å². The van der Waals surface area contributed by atoms with Gasteiger partial charge in [0.05, 0.1) is 27.8 Å². The lowest BCUT2D eigenvalue weighted by Crippen LogP contribution is -2.19. The van der Waals surface area contributed by atoms with Crippen LogP contribution in [0.1, 0.15) is 11.3 Å². The number of aromatic nitrogens is 5. The van der Waals surface area contributed by atoms with Crippen molar-refractivity contribution in [3.8, 4) is 5.75 Å². The van der Waals surface area contributed by atoms with E-state index in [1.165, 1.54) is 24.0 Å². The van der Waals surface area contributed by atoms with Crippen LogP contribution in [0.15, 0.2) is 71.1 Å². The average molecular weight is 504 g/mol. The second kappa shape index (κ2) is 10.4. The smallest absolute Gasteiger partial charge is 0.422 e. The van der Waals surface area contributed by atoms with Crippen molar-refractivity contribution in [3.63, 3.8) is 0 Å². The molecule has 0 spiro atoms. The van der Waals surface area contributed by atoms with Crippen LogP contribution >= 0.6 is 24.4 Å². The molecule has 0 fully saturated rings. The van der Waals surface area contributed by atoms with Gasteiger partial charge in [0.25, 0.3) is 0 Å². The van der Waals surface area contributed by atoms with Gasteiger partial charge in [-0.1, -0.05) is 36.0 Å². The highest BCUT2D eigenvalue weighted by Gasteiger charge is 2.28. The number of alkyl halides is 3. The number of benzene rings is 2. The minimum absolute atomic E-state index is 0.197. The molecule has 3 aromatic heterocycles. The van der Waals surface area contributed by atoms with Crippen LogP contribution in [0.2, 0.25) is 0 Å². The number of nitrogens with zero attached hydrogens (tertiary/aromatic N) is 3. The lowest BCUT2D eigenvalue weighted by Gasteiger charge is -2.13. The molecular formula is C23H20F3N5OS2. The quantitative estimate of drug-likeness (QED) is 0.192. The van der Waals surface area contributed by atoms with Crippen LogP contribution in [0.25, 0.3) is 22.1 Å². The van der Waals surface area contributed by atoms with Gasteiger partial charge >= 0.3 is 6.18 Å². The van der Waals surface area contributed by atoms with E-state index in [0.717, 1.165) is 27.2 Å². The van der Waals surface area contributed by atoms with E-state index >= 15 is 0 Å². The third-order valence-electron chi connectivity index (χ3n) is 4.74. The summed E-state index contributed by atoms with van der Waals surface area (Å²) in [5, 5.41) is 1.40. The van der Waals surface area contributed by atoms with Gasteiger partial charge in [0.1, 0.15) is 5.75 Å². The molecule has 0 amide bonds. The molecule has 0 aliphatic heterocycles. The lowest BCUT2D eigenvalue weighted by atomic mass is 10.2. The maximum Gasteiger partial charge on any atom is 0.422 e. The van der Waals surface area contributed by atoms with Gasteiger partial charge < -0.3 is 14.7 Å². The normalized spacial score (nSPS) is 11.4. The van der Waals surface area contributed by atoms with Crippen LogP contribution in [0.5, 0.6) is 5.75 Å².